The number of fused-ring (bicyclic) bond motifs is 1. The van der Waals surface area contributed by atoms with E-state index in [2.05, 4.69) is 4.98 Å². The molecule has 0 bridgehead atoms. The number of hydrogen-bond acceptors (Lipinski definition) is 3. The van der Waals surface area contributed by atoms with Crippen molar-refractivity contribution in [3.05, 3.63) is 24.0 Å². The fourth-order valence-corrected chi connectivity index (χ4v) is 2.69. The van der Waals surface area contributed by atoms with Gasteiger partial charge in [-0.3, -0.25) is 4.79 Å². The smallest absolute Gasteiger partial charge is 0.219 e. The number of nitrogens with zero attached hydrogens (tertiary/aromatic N) is 2. The zero-order valence-corrected chi connectivity index (χ0v) is 12.6. The Labute approximate surface area is 122 Å². The summed E-state index contributed by atoms with van der Waals surface area (Å²) in [4.78, 5) is 15.8. The van der Waals surface area contributed by atoms with Gasteiger partial charge in [0.15, 0.2) is 0 Å². The van der Waals surface area contributed by atoms with Crippen LogP contribution in [-0.2, 0) is 16.2 Å². The summed E-state index contributed by atoms with van der Waals surface area (Å²) in [6.07, 6.45) is 0.217. The highest BCUT2D eigenvalue weighted by Crippen LogP contribution is 2.30. The van der Waals surface area contributed by atoms with Crippen LogP contribution < -0.4 is 10.5 Å². The van der Waals surface area contributed by atoms with Gasteiger partial charge in [0.25, 0.3) is 0 Å². The van der Waals surface area contributed by atoms with E-state index >= 15 is 0 Å². The number of halogens is 1. The first kappa shape index (κ1) is 14.7. The van der Waals surface area contributed by atoms with E-state index in [9.17, 15) is 4.79 Å². The molecule has 0 aliphatic rings. The standard InChI is InChI=1S/C14H18ClN3O2/c1-14(2,7-12(16)19)18-11-5-4-9(20-3)6-10(11)17-13(18)8-15/h4-6H,7-8H2,1-3H3,(H2,16,19). The number of carbonyl (C=O) groups excluding carboxylic acids is 1. The van der Waals surface area contributed by atoms with E-state index in [1.165, 1.54) is 0 Å². The van der Waals surface area contributed by atoms with Crippen LogP contribution in [0, 0.1) is 0 Å². The Morgan fingerprint density at radius 2 is 2.20 bits per heavy atom. The molecule has 5 nitrogen and oxygen atoms in total. The van der Waals surface area contributed by atoms with Crippen LogP contribution in [0.15, 0.2) is 18.2 Å². The minimum atomic E-state index is -0.487. The summed E-state index contributed by atoms with van der Waals surface area (Å²) in [5.41, 5.74) is 6.55. The van der Waals surface area contributed by atoms with Crippen molar-refractivity contribution in [2.45, 2.75) is 31.7 Å². The molecule has 108 valence electrons. The van der Waals surface area contributed by atoms with Crippen LogP contribution >= 0.6 is 11.6 Å². The second-order valence-corrected chi connectivity index (χ2v) is 5.57. The lowest BCUT2D eigenvalue weighted by Crippen LogP contribution is -2.33. The van der Waals surface area contributed by atoms with Crippen LogP contribution in [0.1, 0.15) is 26.1 Å². The molecule has 0 radical (unpaired) electrons. The fourth-order valence-electron chi connectivity index (χ4n) is 2.51. The molecule has 0 aliphatic heterocycles. The molecule has 1 aromatic heterocycles. The van der Waals surface area contributed by atoms with Crippen LogP contribution in [-0.4, -0.2) is 22.6 Å². The van der Waals surface area contributed by atoms with Crippen LogP contribution in [0.3, 0.4) is 0 Å². The van der Waals surface area contributed by atoms with Crippen molar-refractivity contribution in [1.29, 1.82) is 0 Å². The zero-order chi connectivity index (χ0) is 14.9. The molecule has 1 heterocycles. The van der Waals surface area contributed by atoms with E-state index in [4.69, 9.17) is 22.1 Å². The first-order valence-electron chi connectivity index (χ1n) is 6.29. The topological polar surface area (TPSA) is 70.1 Å². The number of methoxy groups -OCH3 is 1. The van der Waals surface area contributed by atoms with E-state index in [1.807, 2.05) is 36.6 Å². The molecule has 1 amide bonds. The van der Waals surface area contributed by atoms with Gasteiger partial charge >= 0.3 is 0 Å². The molecular weight excluding hydrogens is 278 g/mol. The number of alkyl halides is 1. The SMILES string of the molecule is COc1ccc2c(c1)nc(CCl)n2C(C)(C)CC(N)=O. The van der Waals surface area contributed by atoms with Crippen molar-refractivity contribution in [1.82, 2.24) is 9.55 Å². The second-order valence-electron chi connectivity index (χ2n) is 5.31. The molecule has 2 N–H and O–H groups in total. The van der Waals surface area contributed by atoms with Gasteiger partial charge < -0.3 is 15.0 Å². The summed E-state index contributed by atoms with van der Waals surface area (Å²) in [6.45, 7) is 3.89. The number of ether oxygens (including phenoxy) is 1. The van der Waals surface area contributed by atoms with Gasteiger partial charge in [0.2, 0.25) is 5.91 Å². The number of hydrogen-bond donors (Lipinski definition) is 1. The summed E-state index contributed by atoms with van der Waals surface area (Å²) >= 11 is 5.99. The molecule has 0 atom stereocenters. The van der Waals surface area contributed by atoms with Crippen LogP contribution in [0.5, 0.6) is 5.75 Å². The Morgan fingerprint density at radius 3 is 2.75 bits per heavy atom. The number of imidazole rings is 1. The van der Waals surface area contributed by atoms with Crippen molar-refractivity contribution in [3.63, 3.8) is 0 Å². The third-order valence-electron chi connectivity index (χ3n) is 3.26. The molecule has 0 aliphatic carbocycles. The second kappa shape index (κ2) is 5.32. The molecule has 0 spiro atoms. The van der Waals surface area contributed by atoms with Crippen molar-refractivity contribution in [3.8, 4) is 5.75 Å². The van der Waals surface area contributed by atoms with Gasteiger partial charge in [-0.15, -0.1) is 11.6 Å². The molecule has 0 fully saturated rings. The predicted octanol–water partition coefficient (Wildman–Crippen LogP) is 2.39. The highest BCUT2D eigenvalue weighted by Gasteiger charge is 2.27. The Kier molecular flexibility index (Phi) is 3.90. The summed E-state index contributed by atoms with van der Waals surface area (Å²) < 4.78 is 7.17. The van der Waals surface area contributed by atoms with E-state index in [1.54, 1.807) is 7.11 Å². The third kappa shape index (κ3) is 2.58. The quantitative estimate of drug-likeness (QED) is 0.861. The Morgan fingerprint density at radius 1 is 1.50 bits per heavy atom. The van der Waals surface area contributed by atoms with Gasteiger partial charge in [0.05, 0.1) is 24.0 Å². The van der Waals surface area contributed by atoms with Crippen LogP contribution in [0.4, 0.5) is 0 Å². The first-order valence-corrected chi connectivity index (χ1v) is 6.82. The van der Waals surface area contributed by atoms with E-state index in [-0.39, 0.29) is 18.2 Å². The molecule has 0 unspecified atom stereocenters. The monoisotopic (exact) mass is 295 g/mol. The average Bonchev–Trinajstić information content (AvgIpc) is 2.75. The van der Waals surface area contributed by atoms with Crippen LogP contribution in [0.2, 0.25) is 0 Å². The maximum absolute atomic E-state index is 11.3. The Balaban J connectivity index is 2.64. The number of primary amides is 1. The van der Waals surface area contributed by atoms with Crippen molar-refractivity contribution >= 4 is 28.5 Å². The first-order chi connectivity index (χ1) is 9.39. The molecule has 2 aromatic rings. The molecule has 0 saturated heterocycles. The minimum absolute atomic E-state index is 0.217. The number of carbonyl (C=O) groups is 1. The predicted molar refractivity (Wildman–Crippen MR) is 79.0 cm³/mol. The lowest BCUT2D eigenvalue weighted by molar-refractivity contribution is -0.119. The molecule has 2 rings (SSSR count). The normalized spacial score (nSPS) is 11.8. The highest BCUT2D eigenvalue weighted by atomic mass is 35.5. The molecule has 20 heavy (non-hydrogen) atoms. The van der Waals surface area contributed by atoms with E-state index in [0.29, 0.717) is 5.82 Å². The van der Waals surface area contributed by atoms with Crippen LogP contribution in [0.25, 0.3) is 11.0 Å². The number of amides is 1. The summed E-state index contributed by atoms with van der Waals surface area (Å²) in [5.74, 6) is 1.35. The van der Waals surface area contributed by atoms with Crippen molar-refractivity contribution in [2.24, 2.45) is 5.73 Å². The van der Waals surface area contributed by atoms with Gasteiger partial charge in [-0.2, -0.15) is 0 Å². The lowest BCUT2D eigenvalue weighted by atomic mass is 9.99. The van der Waals surface area contributed by atoms with Gasteiger partial charge in [0, 0.05) is 18.0 Å². The lowest BCUT2D eigenvalue weighted by Gasteiger charge is -2.28. The number of benzene rings is 1. The number of rotatable bonds is 5. The zero-order valence-electron chi connectivity index (χ0n) is 11.8. The maximum Gasteiger partial charge on any atom is 0.219 e. The van der Waals surface area contributed by atoms with Gasteiger partial charge in [-0.25, -0.2) is 4.98 Å². The van der Waals surface area contributed by atoms with Gasteiger partial charge in [-0.05, 0) is 26.0 Å². The molecule has 1 aromatic carbocycles. The van der Waals surface area contributed by atoms with Gasteiger partial charge in [0.1, 0.15) is 11.6 Å². The minimum Gasteiger partial charge on any atom is -0.497 e. The highest BCUT2D eigenvalue weighted by molar-refractivity contribution is 6.16. The summed E-state index contributed by atoms with van der Waals surface area (Å²) in [6, 6.07) is 5.63. The van der Waals surface area contributed by atoms with Crippen molar-refractivity contribution in [2.75, 3.05) is 7.11 Å². The summed E-state index contributed by atoms with van der Waals surface area (Å²) in [7, 11) is 1.61. The Bertz CT molecular complexity index is 649. The maximum atomic E-state index is 11.3. The average molecular weight is 296 g/mol. The van der Waals surface area contributed by atoms with E-state index in [0.717, 1.165) is 16.8 Å². The largest absolute Gasteiger partial charge is 0.497 e. The molecular formula is C14H18ClN3O2. The number of nitrogens with two attached hydrogens (primary N) is 1. The molecule has 6 heteroatoms. The third-order valence-corrected chi connectivity index (χ3v) is 3.50. The Hall–Kier alpha value is -1.75. The summed E-state index contributed by atoms with van der Waals surface area (Å²) in [5, 5.41) is 0. The van der Waals surface area contributed by atoms with Gasteiger partial charge in [-0.1, -0.05) is 0 Å². The molecule has 0 saturated carbocycles. The number of aromatic nitrogens is 2. The fraction of sp³-hybridized carbons (Fsp3) is 0.429. The van der Waals surface area contributed by atoms with E-state index < -0.39 is 5.54 Å². The van der Waals surface area contributed by atoms with Crippen molar-refractivity contribution < 1.29 is 9.53 Å².